The molecule has 0 aromatic carbocycles. The predicted molar refractivity (Wildman–Crippen MR) is 62.9 cm³/mol. The van der Waals surface area contributed by atoms with Crippen LogP contribution in [0.5, 0.6) is 0 Å². The van der Waals surface area contributed by atoms with Gasteiger partial charge < -0.3 is 5.32 Å². The number of rotatable bonds is 5. The Morgan fingerprint density at radius 3 is 2.58 bits per heavy atom. The van der Waals surface area contributed by atoms with E-state index in [1.165, 1.54) is 56.0 Å². The van der Waals surface area contributed by atoms with Gasteiger partial charge in [-0.2, -0.15) is 0 Å². The summed E-state index contributed by atoms with van der Waals surface area (Å²) < 4.78 is 1.29. The largest absolute Gasteiger partial charge is 0.316 e. The van der Waals surface area contributed by atoms with Gasteiger partial charge in [-0.05, 0) is 38.3 Å². The van der Waals surface area contributed by atoms with Crippen molar-refractivity contribution in [2.75, 3.05) is 17.5 Å². The zero-order chi connectivity index (χ0) is 8.65. The van der Waals surface area contributed by atoms with Crippen LogP contribution >= 0.6 is 22.6 Å². The van der Waals surface area contributed by atoms with Gasteiger partial charge in [0.05, 0.1) is 0 Å². The lowest BCUT2D eigenvalue weighted by atomic mass is 9.89. The molecular weight excluding hydrogens is 261 g/mol. The average molecular weight is 281 g/mol. The second-order valence-electron chi connectivity index (χ2n) is 3.75. The maximum atomic E-state index is 3.55. The summed E-state index contributed by atoms with van der Waals surface area (Å²) in [6, 6.07) is 0. The molecule has 1 saturated carbocycles. The minimum Gasteiger partial charge on any atom is -0.316 e. The highest BCUT2D eigenvalue weighted by molar-refractivity contribution is 14.1. The zero-order valence-corrected chi connectivity index (χ0v) is 9.98. The molecule has 1 fully saturated rings. The molecule has 72 valence electrons. The van der Waals surface area contributed by atoms with E-state index in [1.54, 1.807) is 0 Å². The molecule has 2 heteroatoms. The van der Waals surface area contributed by atoms with Crippen molar-refractivity contribution in [1.82, 2.24) is 5.32 Å². The lowest BCUT2D eigenvalue weighted by Crippen LogP contribution is -2.25. The first-order chi connectivity index (χ1) is 5.93. The molecule has 0 bridgehead atoms. The van der Waals surface area contributed by atoms with Crippen molar-refractivity contribution in [1.29, 1.82) is 0 Å². The fourth-order valence-corrected chi connectivity index (χ4v) is 2.27. The van der Waals surface area contributed by atoms with E-state index in [0.717, 1.165) is 5.92 Å². The predicted octanol–water partition coefficient (Wildman–Crippen LogP) is 2.98. The normalized spacial score (nSPS) is 19.8. The SMILES string of the molecule is ICCCNCC1CCCCC1. The van der Waals surface area contributed by atoms with E-state index in [9.17, 15) is 0 Å². The Labute approximate surface area is 89.8 Å². The van der Waals surface area contributed by atoms with Gasteiger partial charge in [-0.25, -0.2) is 0 Å². The molecule has 0 heterocycles. The maximum Gasteiger partial charge on any atom is 0.000735 e. The molecule has 0 unspecified atom stereocenters. The lowest BCUT2D eigenvalue weighted by Gasteiger charge is -2.21. The number of halogens is 1. The summed E-state index contributed by atoms with van der Waals surface area (Å²) in [5.74, 6) is 0.993. The molecule has 0 amide bonds. The van der Waals surface area contributed by atoms with Gasteiger partial charge in [0.2, 0.25) is 0 Å². The van der Waals surface area contributed by atoms with Gasteiger partial charge in [0.1, 0.15) is 0 Å². The Morgan fingerprint density at radius 2 is 1.92 bits per heavy atom. The van der Waals surface area contributed by atoms with E-state index in [4.69, 9.17) is 0 Å². The molecule has 0 spiro atoms. The Hall–Kier alpha value is 0.690. The van der Waals surface area contributed by atoms with Gasteiger partial charge in [0, 0.05) is 4.43 Å². The Bertz CT molecular complexity index is 100. The van der Waals surface area contributed by atoms with E-state index < -0.39 is 0 Å². The molecule has 1 aliphatic carbocycles. The standard InChI is InChI=1S/C10H20IN/c11-7-4-8-12-9-10-5-2-1-3-6-10/h10,12H,1-9H2. The molecule has 1 rings (SSSR count). The van der Waals surface area contributed by atoms with Gasteiger partial charge in [0.15, 0.2) is 0 Å². The van der Waals surface area contributed by atoms with Gasteiger partial charge in [-0.1, -0.05) is 41.9 Å². The van der Waals surface area contributed by atoms with Crippen molar-refractivity contribution in [3.8, 4) is 0 Å². The van der Waals surface area contributed by atoms with E-state index in [0.29, 0.717) is 0 Å². The number of nitrogens with one attached hydrogen (secondary N) is 1. The molecule has 1 aliphatic rings. The second kappa shape index (κ2) is 7.13. The molecular formula is C10H20IN. The van der Waals surface area contributed by atoms with E-state index in [-0.39, 0.29) is 0 Å². The van der Waals surface area contributed by atoms with Crippen LogP contribution in [-0.2, 0) is 0 Å². The van der Waals surface area contributed by atoms with Crippen molar-refractivity contribution in [2.24, 2.45) is 5.92 Å². The third-order valence-electron chi connectivity index (χ3n) is 2.64. The van der Waals surface area contributed by atoms with Crippen molar-refractivity contribution in [3.63, 3.8) is 0 Å². The number of hydrogen-bond donors (Lipinski definition) is 1. The van der Waals surface area contributed by atoms with Crippen LogP contribution in [0.4, 0.5) is 0 Å². The van der Waals surface area contributed by atoms with Gasteiger partial charge in [-0.3, -0.25) is 0 Å². The van der Waals surface area contributed by atoms with E-state index in [1.807, 2.05) is 0 Å². The molecule has 0 aliphatic heterocycles. The molecule has 0 saturated heterocycles. The summed E-state index contributed by atoms with van der Waals surface area (Å²) in [6.07, 6.45) is 8.68. The highest BCUT2D eigenvalue weighted by atomic mass is 127. The summed E-state index contributed by atoms with van der Waals surface area (Å²) in [7, 11) is 0. The first kappa shape index (κ1) is 10.8. The molecule has 0 atom stereocenters. The number of alkyl halides is 1. The number of hydrogen-bond acceptors (Lipinski definition) is 1. The van der Waals surface area contributed by atoms with Crippen LogP contribution in [0.2, 0.25) is 0 Å². The fraction of sp³-hybridized carbons (Fsp3) is 1.00. The Kier molecular flexibility index (Phi) is 6.40. The van der Waals surface area contributed by atoms with Crippen LogP contribution in [0, 0.1) is 5.92 Å². The van der Waals surface area contributed by atoms with Gasteiger partial charge in [-0.15, -0.1) is 0 Å². The highest BCUT2D eigenvalue weighted by Crippen LogP contribution is 2.22. The third kappa shape index (κ3) is 4.65. The topological polar surface area (TPSA) is 12.0 Å². The van der Waals surface area contributed by atoms with Crippen LogP contribution in [0.25, 0.3) is 0 Å². The molecule has 1 nitrogen and oxygen atoms in total. The van der Waals surface area contributed by atoms with Crippen LogP contribution in [0.3, 0.4) is 0 Å². The summed E-state index contributed by atoms with van der Waals surface area (Å²) >= 11 is 2.44. The van der Waals surface area contributed by atoms with Crippen LogP contribution in [0.1, 0.15) is 38.5 Å². The van der Waals surface area contributed by atoms with Crippen molar-refractivity contribution >= 4 is 22.6 Å². The van der Waals surface area contributed by atoms with Crippen LogP contribution in [0.15, 0.2) is 0 Å². The highest BCUT2D eigenvalue weighted by Gasteiger charge is 2.11. The fourth-order valence-electron chi connectivity index (χ4n) is 1.89. The monoisotopic (exact) mass is 281 g/mol. The molecule has 0 radical (unpaired) electrons. The molecule has 12 heavy (non-hydrogen) atoms. The van der Waals surface area contributed by atoms with Gasteiger partial charge >= 0.3 is 0 Å². The first-order valence-corrected chi connectivity index (χ1v) is 6.72. The van der Waals surface area contributed by atoms with Crippen LogP contribution in [-0.4, -0.2) is 17.5 Å². The smallest absolute Gasteiger partial charge is 0.000735 e. The minimum absolute atomic E-state index is 0.993. The minimum atomic E-state index is 0.993. The first-order valence-electron chi connectivity index (χ1n) is 5.20. The van der Waals surface area contributed by atoms with Crippen molar-refractivity contribution in [2.45, 2.75) is 38.5 Å². The summed E-state index contributed by atoms with van der Waals surface area (Å²) in [6.45, 7) is 2.50. The third-order valence-corrected chi connectivity index (χ3v) is 3.41. The van der Waals surface area contributed by atoms with Crippen molar-refractivity contribution < 1.29 is 0 Å². The summed E-state index contributed by atoms with van der Waals surface area (Å²) in [5, 5.41) is 3.55. The van der Waals surface area contributed by atoms with E-state index >= 15 is 0 Å². The molecule has 1 N–H and O–H groups in total. The Balaban J connectivity index is 1.91. The van der Waals surface area contributed by atoms with E-state index in [2.05, 4.69) is 27.9 Å². The quantitative estimate of drug-likeness (QED) is 0.464. The lowest BCUT2D eigenvalue weighted by molar-refractivity contribution is 0.343. The summed E-state index contributed by atoms with van der Waals surface area (Å²) in [5.41, 5.74) is 0. The van der Waals surface area contributed by atoms with Gasteiger partial charge in [0.25, 0.3) is 0 Å². The summed E-state index contributed by atoms with van der Waals surface area (Å²) in [4.78, 5) is 0. The Morgan fingerprint density at radius 1 is 1.17 bits per heavy atom. The second-order valence-corrected chi connectivity index (χ2v) is 4.83. The maximum absolute atomic E-state index is 3.55. The van der Waals surface area contributed by atoms with Crippen LogP contribution < -0.4 is 5.32 Å². The molecule has 0 aromatic rings. The molecule has 0 aromatic heterocycles. The van der Waals surface area contributed by atoms with Crippen molar-refractivity contribution in [3.05, 3.63) is 0 Å². The average Bonchev–Trinajstić information content (AvgIpc) is 2.14. The zero-order valence-electron chi connectivity index (χ0n) is 7.82.